The van der Waals surface area contributed by atoms with Crippen molar-refractivity contribution >= 4 is 16.9 Å². The van der Waals surface area contributed by atoms with Crippen LogP contribution in [0.25, 0.3) is 11.0 Å². The van der Waals surface area contributed by atoms with Crippen LogP contribution in [-0.4, -0.2) is 44.7 Å². The number of fused-ring (bicyclic) bond motifs is 1. The Morgan fingerprint density at radius 3 is 2.50 bits per heavy atom. The second-order valence-electron chi connectivity index (χ2n) is 9.27. The number of imidazole rings is 1. The summed E-state index contributed by atoms with van der Waals surface area (Å²) in [6.45, 7) is 2.71. The van der Waals surface area contributed by atoms with Gasteiger partial charge in [-0.2, -0.15) is 0 Å². The SMILES string of the molecule is Cc1nc2c(O)c(CCC(O)c3ccccc3COCc3ccccc3)c(C(=O)N(C)C)cc2n1C. The summed E-state index contributed by atoms with van der Waals surface area (Å²) < 4.78 is 7.76. The van der Waals surface area contributed by atoms with Gasteiger partial charge in [-0.1, -0.05) is 54.6 Å². The van der Waals surface area contributed by atoms with Crippen LogP contribution in [0.15, 0.2) is 60.7 Å². The Labute approximate surface area is 211 Å². The number of aliphatic hydroxyl groups is 1. The van der Waals surface area contributed by atoms with E-state index >= 15 is 0 Å². The van der Waals surface area contributed by atoms with Crippen LogP contribution >= 0.6 is 0 Å². The van der Waals surface area contributed by atoms with Crippen LogP contribution in [0.1, 0.15) is 51.0 Å². The summed E-state index contributed by atoms with van der Waals surface area (Å²) in [6.07, 6.45) is -0.148. The maximum Gasteiger partial charge on any atom is 0.253 e. The maximum atomic E-state index is 13.0. The summed E-state index contributed by atoms with van der Waals surface area (Å²) in [5, 5.41) is 22.2. The Kier molecular flexibility index (Phi) is 7.72. The lowest BCUT2D eigenvalue weighted by molar-refractivity contribution is 0.0825. The Morgan fingerprint density at radius 2 is 1.78 bits per heavy atom. The van der Waals surface area contributed by atoms with Gasteiger partial charge in [0.1, 0.15) is 17.1 Å². The molecule has 36 heavy (non-hydrogen) atoms. The van der Waals surface area contributed by atoms with Gasteiger partial charge in [0.2, 0.25) is 0 Å². The molecule has 0 saturated heterocycles. The summed E-state index contributed by atoms with van der Waals surface area (Å²) in [4.78, 5) is 19.0. The van der Waals surface area contributed by atoms with Crippen molar-refractivity contribution in [2.24, 2.45) is 7.05 Å². The van der Waals surface area contributed by atoms with Crippen LogP contribution < -0.4 is 0 Å². The largest absolute Gasteiger partial charge is 0.505 e. The van der Waals surface area contributed by atoms with Crippen molar-refractivity contribution in [2.45, 2.75) is 39.1 Å². The topological polar surface area (TPSA) is 87.8 Å². The van der Waals surface area contributed by atoms with Crippen LogP contribution in [0, 0.1) is 6.92 Å². The highest BCUT2D eigenvalue weighted by atomic mass is 16.5. The van der Waals surface area contributed by atoms with Gasteiger partial charge in [0.05, 0.1) is 24.8 Å². The molecule has 2 N–H and O–H groups in total. The molecular weight excluding hydrogens is 454 g/mol. The van der Waals surface area contributed by atoms with E-state index in [1.807, 2.05) is 73.1 Å². The first-order valence-electron chi connectivity index (χ1n) is 12.0. The van der Waals surface area contributed by atoms with Gasteiger partial charge >= 0.3 is 0 Å². The van der Waals surface area contributed by atoms with E-state index < -0.39 is 6.10 Å². The number of aryl methyl sites for hydroxylation is 2. The molecule has 1 heterocycles. The molecule has 4 aromatic rings. The van der Waals surface area contributed by atoms with E-state index in [4.69, 9.17) is 4.74 Å². The van der Waals surface area contributed by atoms with E-state index in [1.165, 1.54) is 4.90 Å². The number of phenols is 1. The van der Waals surface area contributed by atoms with E-state index in [0.717, 1.165) is 22.5 Å². The number of amides is 1. The number of benzene rings is 3. The molecule has 1 aromatic heterocycles. The molecule has 7 nitrogen and oxygen atoms in total. The fourth-order valence-electron chi connectivity index (χ4n) is 4.43. The maximum absolute atomic E-state index is 13.0. The van der Waals surface area contributed by atoms with Crippen molar-refractivity contribution in [3.63, 3.8) is 0 Å². The van der Waals surface area contributed by atoms with Crippen molar-refractivity contribution in [1.29, 1.82) is 0 Å². The minimum Gasteiger partial charge on any atom is -0.505 e. The molecule has 1 amide bonds. The quantitative estimate of drug-likeness (QED) is 0.358. The van der Waals surface area contributed by atoms with Crippen molar-refractivity contribution in [1.82, 2.24) is 14.5 Å². The van der Waals surface area contributed by atoms with E-state index in [1.54, 1.807) is 20.2 Å². The molecule has 0 fully saturated rings. The molecule has 0 radical (unpaired) electrons. The van der Waals surface area contributed by atoms with Crippen molar-refractivity contribution < 1.29 is 19.7 Å². The second-order valence-corrected chi connectivity index (χ2v) is 9.27. The van der Waals surface area contributed by atoms with Gasteiger partial charge in [0.25, 0.3) is 5.91 Å². The fraction of sp³-hybridized carbons (Fsp3) is 0.310. The number of aliphatic hydroxyl groups excluding tert-OH is 1. The molecule has 4 rings (SSSR count). The Morgan fingerprint density at radius 1 is 1.08 bits per heavy atom. The van der Waals surface area contributed by atoms with Gasteiger partial charge in [-0.05, 0) is 42.5 Å². The van der Waals surface area contributed by atoms with Gasteiger partial charge in [-0.3, -0.25) is 4.79 Å². The van der Waals surface area contributed by atoms with Crippen molar-refractivity contribution in [3.8, 4) is 5.75 Å². The number of hydrogen-bond donors (Lipinski definition) is 2. The Bertz CT molecular complexity index is 1360. The van der Waals surface area contributed by atoms with Crippen LogP contribution in [0.3, 0.4) is 0 Å². The Hall–Kier alpha value is -3.68. The molecule has 0 saturated carbocycles. The predicted octanol–water partition coefficient (Wildman–Crippen LogP) is 4.67. The number of carbonyl (C=O) groups is 1. The zero-order valence-corrected chi connectivity index (χ0v) is 21.2. The number of phenolic OH excluding ortho intramolecular Hbond substituents is 1. The molecule has 1 atom stereocenters. The highest BCUT2D eigenvalue weighted by Crippen LogP contribution is 2.35. The van der Waals surface area contributed by atoms with E-state index in [2.05, 4.69) is 4.98 Å². The first-order chi connectivity index (χ1) is 17.3. The molecule has 0 aliphatic rings. The Balaban J connectivity index is 1.55. The second kappa shape index (κ2) is 10.9. The molecule has 0 bridgehead atoms. The molecule has 0 spiro atoms. The number of carbonyl (C=O) groups excluding carboxylic acids is 1. The van der Waals surface area contributed by atoms with Gasteiger partial charge in [-0.25, -0.2) is 4.98 Å². The lowest BCUT2D eigenvalue weighted by atomic mass is 9.94. The number of aromatic hydroxyl groups is 1. The number of aromatic nitrogens is 2. The standard InChI is InChI=1S/C29H33N3O4/c1-19-30-27-25(32(19)4)16-24(29(35)31(2)3)23(28(27)34)14-15-26(33)22-13-9-8-12-21(22)18-36-17-20-10-6-5-7-11-20/h5-13,16,26,33-34H,14-15,17-18H2,1-4H3. The highest BCUT2D eigenvalue weighted by Gasteiger charge is 2.23. The smallest absolute Gasteiger partial charge is 0.253 e. The third-order valence-corrected chi connectivity index (χ3v) is 6.57. The lowest BCUT2D eigenvalue weighted by Gasteiger charge is -2.19. The van der Waals surface area contributed by atoms with E-state index in [-0.39, 0.29) is 11.7 Å². The molecule has 0 aliphatic carbocycles. The third kappa shape index (κ3) is 5.27. The predicted molar refractivity (Wildman–Crippen MR) is 140 cm³/mol. The summed E-state index contributed by atoms with van der Waals surface area (Å²) in [5.74, 6) is 0.531. The van der Waals surface area contributed by atoms with Gasteiger partial charge in [-0.15, -0.1) is 0 Å². The highest BCUT2D eigenvalue weighted by molar-refractivity contribution is 6.01. The number of nitrogens with zero attached hydrogens (tertiary/aromatic N) is 3. The van der Waals surface area contributed by atoms with Gasteiger partial charge < -0.3 is 24.4 Å². The molecule has 0 aliphatic heterocycles. The van der Waals surface area contributed by atoms with Crippen LogP contribution in [-0.2, 0) is 31.4 Å². The first kappa shape index (κ1) is 25.4. The average molecular weight is 488 g/mol. The van der Waals surface area contributed by atoms with Crippen LogP contribution in [0.4, 0.5) is 0 Å². The van der Waals surface area contributed by atoms with Gasteiger partial charge in [0.15, 0.2) is 0 Å². The minimum atomic E-state index is -0.788. The molecule has 1 unspecified atom stereocenters. The number of hydrogen-bond acceptors (Lipinski definition) is 5. The molecule has 188 valence electrons. The lowest BCUT2D eigenvalue weighted by Crippen LogP contribution is -2.23. The molecule has 3 aromatic carbocycles. The first-order valence-corrected chi connectivity index (χ1v) is 12.0. The fourth-order valence-corrected chi connectivity index (χ4v) is 4.43. The summed E-state index contributed by atoms with van der Waals surface area (Å²) in [7, 11) is 5.22. The minimum absolute atomic E-state index is 0.00641. The summed E-state index contributed by atoms with van der Waals surface area (Å²) >= 11 is 0. The van der Waals surface area contributed by atoms with E-state index in [0.29, 0.717) is 48.2 Å². The summed E-state index contributed by atoms with van der Waals surface area (Å²) in [5.41, 5.74) is 4.84. The zero-order valence-electron chi connectivity index (χ0n) is 21.2. The van der Waals surface area contributed by atoms with Crippen LogP contribution in [0.2, 0.25) is 0 Å². The molecular formula is C29H33N3O4. The zero-order chi connectivity index (χ0) is 25.8. The number of ether oxygens (including phenoxy) is 1. The average Bonchev–Trinajstić information content (AvgIpc) is 3.17. The van der Waals surface area contributed by atoms with E-state index in [9.17, 15) is 15.0 Å². The van der Waals surface area contributed by atoms with Crippen LogP contribution in [0.5, 0.6) is 5.75 Å². The van der Waals surface area contributed by atoms with Gasteiger partial charge in [0, 0.05) is 32.3 Å². The molecule has 7 heteroatoms. The monoisotopic (exact) mass is 487 g/mol. The third-order valence-electron chi connectivity index (χ3n) is 6.57. The van der Waals surface area contributed by atoms with Crippen molar-refractivity contribution in [2.75, 3.05) is 14.1 Å². The van der Waals surface area contributed by atoms with Crippen molar-refractivity contribution in [3.05, 3.63) is 94.3 Å². The summed E-state index contributed by atoms with van der Waals surface area (Å²) in [6, 6.07) is 19.4. The normalized spacial score (nSPS) is 12.1. The number of rotatable bonds is 9.